The summed E-state index contributed by atoms with van der Waals surface area (Å²) in [6.45, 7) is 10.2. The minimum Gasteiger partial charge on any atom is -0.378 e. The minimum atomic E-state index is 0.000538. The predicted molar refractivity (Wildman–Crippen MR) is 100 cm³/mol. The fraction of sp³-hybridized carbons (Fsp3) is 0.667. The zero-order valence-corrected chi connectivity index (χ0v) is 15.9. The number of pyridine rings is 1. The quantitative estimate of drug-likeness (QED) is 0.575. The molecule has 2 heterocycles. The number of nitrogens with one attached hydrogen (secondary N) is 1. The fourth-order valence-corrected chi connectivity index (χ4v) is 3.59. The van der Waals surface area contributed by atoms with Crippen LogP contribution >= 0.6 is 11.8 Å². The van der Waals surface area contributed by atoms with Crippen LogP contribution in [0.5, 0.6) is 0 Å². The second kappa shape index (κ2) is 9.89. The number of aryl methyl sites for hydroxylation is 1. The van der Waals surface area contributed by atoms with Crippen LogP contribution in [-0.2, 0) is 4.74 Å². The molecule has 134 valence electrons. The Bertz CT molecular complexity index is 545. The lowest BCUT2D eigenvalue weighted by molar-refractivity contribution is 0.0948. The molecule has 2 rings (SSSR count). The number of ether oxygens (including phenoxy) is 1. The minimum absolute atomic E-state index is 0.000538. The molecule has 0 atom stereocenters. The molecular formula is C18H29N3O2S. The van der Waals surface area contributed by atoms with Crippen molar-refractivity contribution in [3.63, 3.8) is 0 Å². The van der Waals surface area contributed by atoms with Gasteiger partial charge < -0.3 is 15.0 Å². The Kier molecular flexibility index (Phi) is 7.85. The van der Waals surface area contributed by atoms with Gasteiger partial charge in [0.2, 0.25) is 0 Å². The normalized spacial score (nSPS) is 14.7. The van der Waals surface area contributed by atoms with Crippen LogP contribution in [0.4, 0.5) is 5.82 Å². The summed E-state index contributed by atoms with van der Waals surface area (Å²) >= 11 is 1.64. The third-order valence-electron chi connectivity index (χ3n) is 4.08. The summed E-state index contributed by atoms with van der Waals surface area (Å²) in [5.74, 6) is 1.85. The number of nitrogens with zero attached hydrogens (tertiary/aromatic N) is 2. The molecule has 0 unspecified atom stereocenters. The average molecular weight is 352 g/mol. The topological polar surface area (TPSA) is 54.5 Å². The lowest BCUT2D eigenvalue weighted by Crippen LogP contribution is -2.37. The van der Waals surface area contributed by atoms with Gasteiger partial charge in [-0.15, -0.1) is 11.8 Å². The summed E-state index contributed by atoms with van der Waals surface area (Å²) in [5.41, 5.74) is 1.73. The van der Waals surface area contributed by atoms with Crippen LogP contribution in [0.1, 0.15) is 49.0 Å². The van der Waals surface area contributed by atoms with Crippen LogP contribution in [0.2, 0.25) is 0 Å². The lowest BCUT2D eigenvalue weighted by atomic mass is 10.1. The van der Waals surface area contributed by atoms with Gasteiger partial charge in [-0.2, -0.15) is 0 Å². The van der Waals surface area contributed by atoms with Crippen LogP contribution in [0.3, 0.4) is 0 Å². The molecule has 5 nitrogen and oxygen atoms in total. The molecule has 1 aliphatic heterocycles. The van der Waals surface area contributed by atoms with E-state index in [9.17, 15) is 4.79 Å². The van der Waals surface area contributed by atoms with Gasteiger partial charge in [-0.3, -0.25) is 4.79 Å². The second-order valence-corrected chi connectivity index (χ2v) is 7.23. The summed E-state index contributed by atoms with van der Waals surface area (Å²) in [4.78, 5) is 19.6. The maximum atomic E-state index is 12.6. The van der Waals surface area contributed by atoms with Gasteiger partial charge in [-0.1, -0.05) is 26.7 Å². The first-order valence-electron chi connectivity index (χ1n) is 8.92. The molecule has 1 N–H and O–H groups in total. The summed E-state index contributed by atoms with van der Waals surface area (Å²) < 4.78 is 5.42. The molecule has 1 saturated heterocycles. The Morgan fingerprint density at radius 2 is 2.08 bits per heavy atom. The molecule has 0 saturated carbocycles. The molecule has 0 bridgehead atoms. The van der Waals surface area contributed by atoms with E-state index in [1.807, 2.05) is 13.0 Å². The van der Waals surface area contributed by atoms with Crippen molar-refractivity contribution in [2.75, 3.05) is 43.5 Å². The number of thioether (sulfide) groups is 1. The van der Waals surface area contributed by atoms with Gasteiger partial charge in [0, 0.05) is 19.6 Å². The van der Waals surface area contributed by atoms with Crippen molar-refractivity contribution >= 4 is 23.5 Å². The number of hydrogen-bond donors (Lipinski definition) is 1. The zero-order valence-electron chi connectivity index (χ0n) is 15.1. The van der Waals surface area contributed by atoms with Crippen molar-refractivity contribution in [2.24, 2.45) is 0 Å². The van der Waals surface area contributed by atoms with Crippen LogP contribution in [0.25, 0.3) is 0 Å². The molecular weight excluding hydrogens is 322 g/mol. The molecule has 1 aliphatic rings. The zero-order chi connectivity index (χ0) is 17.4. The van der Waals surface area contributed by atoms with E-state index in [4.69, 9.17) is 9.72 Å². The van der Waals surface area contributed by atoms with E-state index in [-0.39, 0.29) is 5.91 Å². The highest BCUT2D eigenvalue weighted by Crippen LogP contribution is 2.27. The van der Waals surface area contributed by atoms with Gasteiger partial charge in [-0.05, 0) is 30.7 Å². The first-order chi connectivity index (χ1) is 11.7. The van der Waals surface area contributed by atoms with E-state index in [0.717, 1.165) is 79.8 Å². The fourth-order valence-electron chi connectivity index (χ4n) is 2.76. The SMILES string of the molecule is CCCCCNC(=O)c1c(C)cc(N2CCOCC2)nc1SCC. The van der Waals surface area contributed by atoms with Crippen LogP contribution in [-0.4, -0.2) is 49.5 Å². The summed E-state index contributed by atoms with van der Waals surface area (Å²) in [5, 5.41) is 3.89. The molecule has 0 radical (unpaired) electrons. The standard InChI is InChI=1S/C18H29N3O2S/c1-4-6-7-8-19-17(22)16-14(3)13-15(20-18(16)24-5-2)21-9-11-23-12-10-21/h13H,4-12H2,1-3H3,(H,19,22). The Morgan fingerprint density at radius 3 is 2.75 bits per heavy atom. The number of rotatable bonds is 8. The largest absolute Gasteiger partial charge is 0.378 e. The number of morpholine rings is 1. The van der Waals surface area contributed by atoms with Gasteiger partial charge >= 0.3 is 0 Å². The van der Waals surface area contributed by atoms with Crippen molar-refractivity contribution in [1.29, 1.82) is 0 Å². The van der Waals surface area contributed by atoms with E-state index in [1.165, 1.54) is 0 Å². The Morgan fingerprint density at radius 1 is 1.33 bits per heavy atom. The van der Waals surface area contributed by atoms with E-state index in [1.54, 1.807) is 11.8 Å². The number of aromatic nitrogens is 1. The first-order valence-corrected chi connectivity index (χ1v) is 9.91. The molecule has 0 spiro atoms. The maximum Gasteiger partial charge on any atom is 0.254 e. The van der Waals surface area contributed by atoms with Gasteiger partial charge in [-0.25, -0.2) is 4.98 Å². The van der Waals surface area contributed by atoms with E-state index in [2.05, 4.69) is 24.1 Å². The monoisotopic (exact) mass is 351 g/mol. The number of unbranched alkanes of at least 4 members (excludes halogenated alkanes) is 2. The number of amides is 1. The number of carbonyl (C=O) groups is 1. The molecule has 24 heavy (non-hydrogen) atoms. The van der Waals surface area contributed by atoms with Gasteiger partial charge in [0.25, 0.3) is 5.91 Å². The second-order valence-electron chi connectivity index (χ2n) is 5.97. The van der Waals surface area contributed by atoms with E-state index in [0.29, 0.717) is 0 Å². The molecule has 1 amide bonds. The van der Waals surface area contributed by atoms with Crippen LogP contribution in [0, 0.1) is 6.92 Å². The summed E-state index contributed by atoms with van der Waals surface area (Å²) in [7, 11) is 0. The number of carbonyl (C=O) groups excluding carboxylic acids is 1. The first kappa shape index (κ1) is 19.1. The smallest absolute Gasteiger partial charge is 0.254 e. The van der Waals surface area contributed by atoms with Crippen LogP contribution in [0.15, 0.2) is 11.1 Å². The Balaban J connectivity index is 2.18. The molecule has 0 aromatic carbocycles. The molecule has 0 aliphatic carbocycles. The van der Waals surface area contributed by atoms with Crippen molar-refractivity contribution in [3.05, 3.63) is 17.2 Å². The number of anilines is 1. The van der Waals surface area contributed by atoms with Gasteiger partial charge in [0.1, 0.15) is 10.8 Å². The summed E-state index contributed by atoms with van der Waals surface area (Å²) in [6, 6.07) is 2.03. The molecule has 1 fully saturated rings. The highest BCUT2D eigenvalue weighted by Gasteiger charge is 2.20. The van der Waals surface area contributed by atoms with E-state index >= 15 is 0 Å². The molecule has 1 aromatic heterocycles. The maximum absolute atomic E-state index is 12.6. The van der Waals surface area contributed by atoms with Crippen molar-refractivity contribution in [1.82, 2.24) is 10.3 Å². The Hall–Kier alpha value is -1.27. The molecule has 6 heteroatoms. The van der Waals surface area contributed by atoms with Crippen molar-refractivity contribution in [2.45, 2.75) is 45.1 Å². The van der Waals surface area contributed by atoms with Gasteiger partial charge in [0.15, 0.2) is 0 Å². The lowest BCUT2D eigenvalue weighted by Gasteiger charge is -2.28. The predicted octanol–water partition coefficient (Wildman–Crippen LogP) is 3.26. The Labute approximate surface area is 149 Å². The van der Waals surface area contributed by atoms with E-state index < -0.39 is 0 Å². The van der Waals surface area contributed by atoms with Crippen molar-refractivity contribution in [3.8, 4) is 0 Å². The summed E-state index contributed by atoms with van der Waals surface area (Å²) in [6.07, 6.45) is 3.32. The van der Waals surface area contributed by atoms with Gasteiger partial charge in [0.05, 0.1) is 18.8 Å². The third-order valence-corrected chi connectivity index (χ3v) is 4.94. The van der Waals surface area contributed by atoms with Crippen molar-refractivity contribution < 1.29 is 9.53 Å². The number of hydrogen-bond acceptors (Lipinski definition) is 5. The third kappa shape index (κ3) is 5.11. The highest BCUT2D eigenvalue weighted by molar-refractivity contribution is 7.99. The highest BCUT2D eigenvalue weighted by atomic mass is 32.2. The molecule has 1 aromatic rings. The van der Waals surface area contributed by atoms with Crippen LogP contribution < -0.4 is 10.2 Å². The average Bonchev–Trinajstić information content (AvgIpc) is 2.59.